The lowest BCUT2D eigenvalue weighted by atomic mass is 10.1. The Labute approximate surface area is 159 Å². The third kappa shape index (κ3) is 4.69. The Balaban J connectivity index is 1.55. The first kappa shape index (κ1) is 17.6. The van der Waals surface area contributed by atoms with Crippen molar-refractivity contribution in [3.63, 3.8) is 0 Å². The smallest absolute Gasteiger partial charge is 0.250 e. The summed E-state index contributed by atoms with van der Waals surface area (Å²) in [6.45, 7) is 4.01. The van der Waals surface area contributed by atoms with Gasteiger partial charge in [-0.1, -0.05) is 6.07 Å². The van der Waals surface area contributed by atoms with Crippen LogP contribution in [-0.2, 0) is 0 Å². The van der Waals surface area contributed by atoms with Crippen molar-refractivity contribution in [3.8, 4) is 0 Å². The second-order valence-electron chi connectivity index (χ2n) is 7.01. The molecular weight excluding hydrogens is 340 g/mol. The highest BCUT2D eigenvalue weighted by atomic mass is 15.4. The summed E-state index contributed by atoms with van der Waals surface area (Å²) in [7, 11) is 0. The van der Waals surface area contributed by atoms with E-state index in [1.54, 1.807) is 18.6 Å². The molecule has 2 saturated heterocycles. The molecule has 2 aliphatic heterocycles. The third-order valence-corrected chi connectivity index (χ3v) is 4.95. The van der Waals surface area contributed by atoms with E-state index in [2.05, 4.69) is 35.3 Å². The number of hydrogen-bond acceptors (Lipinski definition) is 8. The van der Waals surface area contributed by atoms with Crippen LogP contribution in [0.15, 0.2) is 29.6 Å². The summed E-state index contributed by atoms with van der Waals surface area (Å²) in [5.41, 5.74) is 3.90. The molecule has 2 aromatic rings. The monoisotopic (exact) mass is 366 g/mol. The van der Waals surface area contributed by atoms with Gasteiger partial charge in [0.2, 0.25) is 17.8 Å². The van der Waals surface area contributed by atoms with E-state index in [4.69, 9.17) is 4.98 Å². The summed E-state index contributed by atoms with van der Waals surface area (Å²) >= 11 is 0. The van der Waals surface area contributed by atoms with Gasteiger partial charge in [0.15, 0.2) is 0 Å². The molecule has 0 radical (unpaired) electrons. The van der Waals surface area contributed by atoms with Crippen LogP contribution in [0.1, 0.15) is 44.1 Å². The lowest BCUT2D eigenvalue weighted by Crippen LogP contribution is -2.34. The predicted molar refractivity (Wildman–Crippen MR) is 107 cm³/mol. The summed E-state index contributed by atoms with van der Waals surface area (Å²) in [5.74, 6) is 2.00. The molecule has 4 rings (SSSR count). The van der Waals surface area contributed by atoms with E-state index in [-0.39, 0.29) is 0 Å². The van der Waals surface area contributed by atoms with Crippen molar-refractivity contribution in [3.05, 3.63) is 30.1 Å². The molecule has 0 spiro atoms. The fourth-order valence-corrected chi connectivity index (χ4v) is 3.49. The van der Waals surface area contributed by atoms with Crippen LogP contribution in [0.25, 0.3) is 0 Å². The van der Waals surface area contributed by atoms with Gasteiger partial charge in [0.25, 0.3) is 0 Å². The van der Waals surface area contributed by atoms with Gasteiger partial charge in [0.05, 0.1) is 6.21 Å². The maximum Gasteiger partial charge on any atom is 0.250 e. The molecule has 1 N–H and O–H groups in total. The molecule has 2 aliphatic rings. The molecule has 2 aromatic heterocycles. The van der Waals surface area contributed by atoms with Crippen molar-refractivity contribution in [2.45, 2.75) is 38.5 Å². The molecule has 8 heteroatoms. The Morgan fingerprint density at radius 2 is 1.48 bits per heavy atom. The standard InChI is InChI=1S/C19H26N8/c1-3-10-26(11-4-1)18-22-17(25-21-15-16-8-7-9-20-14-16)23-19(24-18)27-12-5-2-6-13-27/h7-9,14-15H,1-6,10-13H2,(H,22,23,24,25)/b21-15-. The second kappa shape index (κ2) is 8.75. The van der Waals surface area contributed by atoms with Crippen LogP contribution in [0.5, 0.6) is 0 Å². The molecule has 0 unspecified atom stereocenters. The molecule has 0 aliphatic carbocycles. The van der Waals surface area contributed by atoms with Gasteiger partial charge < -0.3 is 9.80 Å². The summed E-state index contributed by atoms with van der Waals surface area (Å²) in [6.07, 6.45) is 12.5. The number of nitrogens with zero attached hydrogens (tertiary/aromatic N) is 7. The number of hydrogen-bond donors (Lipinski definition) is 1. The minimum absolute atomic E-state index is 0.492. The molecule has 0 aromatic carbocycles. The normalized spacial score (nSPS) is 18.1. The van der Waals surface area contributed by atoms with Gasteiger partial charge in [-0.05, 0) is 44.6 Å². The largest absolute Gasteiger partial charge is 0.341 e. The van der Waals surface area contributed by atoms with Crippen molar-refractivity contribution < 1.29 is 0 Å². The van der Waals surface area contributed by atoms with Crippen molar-refractivity contribution in [1.82, 2.24) is 19.9 Å². The number of nitrogens with one attached hydrogen (secondary N) is 1. The molecular formula is C19H26N8. The van der Waals surface area contributed by atoms with Crippen LogP contribution in [-0.4, -0.2) is 52.3 Å². The Morgan fingerprint density at radius 3 is 2.04 bits per heavy atom. The van der Waals surface area contributed by atoms with E-state index in [0.717, 1.165) is 43.6 Å². The number of hydrazone groups is 1. The maximum atomic E-state index is 4.77. The van der Waals surface area contributed by atoms with Crippen LogP contribution in [0.2, 0.25) is 0 Å². The number of pyridine rings is 1. The van der Waals surface area contributed by atoms with Gasteiger partial charge in [-0.25, -0.2) is 5.43 Å². The second-order valence-corrected chi connectivity index (χ2v) is 7.01. The van der Waals surface area contributed by atoms with Gasteiger partial charge in [0, 0.05) is 44.1 Å². The molecule has 0 amide bonds. The number of rotatable bonds is 5. The quantitative estimate of drug-likeness (QED) is 0.643. The van der Waals surface area contributed by atoms with E-state index in [1.165, 1.54) is 38.5 Å². The van der Waals surface area contributed by atoms with Crippen molar-refractivity contribution >= 4 is 24.1 Å². The molecule has 142 valence electrons. The number of anilines is 3. The molecule has 4 heterocycles. The van der Waals surface area contributed by atoms with Crippen LogP contribution >= 0.6 is 0 Å². The van der Waals surface area contributed by atoms with Crippen LogP contribution in [0.3, 0.4) is 0 Å². The zero-order chi connectivity index (χ0) is 18.3. The van der Waals surface area contributed by atoms with E-state index >= 15 is 0 Å². The fourth-order valence-electron chi connectivity index (χ4n) is 3.49. The van der Waals surface area contributed by atoms with Gasteiger partial charge >= 0.3 is 0 Å². The van der Waals surface area contributed by atoms with Gasteiger partial charge in [-0.15, -0.1) is 0 Å². The molecule has 0 saturated carbocycles. The highest BCUT2D eigenvalue weighted by Gasteiger charge is 2.20. The first-order chi connectivity index (χ1) is 13.4. The highest BCUT2D eigenvalue weighted by molar-refractivity contribution is 5.79. The molecule has 27 heavy (non-hydrogen) atoms. The van der Waals surface area contributed by atoms with E-state index in [1.807, 2.05) is 12.1 Å². The van der Waals surface area contributed by atoms with Crippen LogP contribution in [0.4, 0.5) is 17.8 Å². The summed E-state index contributed by atoms with van der Waals surface area (Å²) in [4.78, 5) is 22.6. The summed E-state index contributed by atoms with van der Waals surface area (Å²) < 4.78 is 0. The first-order valence-corrected chi connectivity index (χ1v) is 9.83. The molecule has 8 nitrogen and oxygen atoms in total. The van der Waals surface area contributed by atoms with E-state index in [9.17, 15) is 0 Å². The first-order valence-electron chi connectivity index (χ1n) is 9.83. The zero-order valence-electron chi connectivity index (χ0n) is 15.6. The SMILES string of the molecule is C(=N/Nc1nc(N2CCCCC2)nc(N2CCCCC2)n1)/c1cccnc1. The topological polar surface area (TPSA) is 82.4 Å². The van der Waals surface area contributed by atoms with Gasteiger partial charge in [-0.3, -0.25) is 4.98 Å². The minimum Gasteiger partial charge on any atom is -0.341 e. The molecule has 0 atom stereocenters. The van der Waals surface area contributed by atoms with Gasteiger partial charge in [-0.2, -0.15) is 20.1 Å². The maximum absolute atomic E-state index is 4.77. The fraction of sp³-hybridized carbons (Fsp3) is 0.526. The Bertz CT molecular complexity index is 715. The lowest BCUT2D eigenvalue weighted by molar-refractivity contribution is 0.556. The van der Waals surface area contributed by atoms with Crippen molar-refractivity contribution in [2.75, 3.05) is 41.4 Å². The molecule has 0 bridgehead atoms. The van der Waals surface area contributed by atoms with Crippen LogP contribution in [0, 0.1) is 0 Å². The average Bonchev–Trinajstić information content (AvgIpc) is 2.76. The lowest BCUT2D eigenvalue weighted by Gasteiger charge is -2.30. The highest BCUT2D eigenvalue weighted by Crippen LogP contribution is 2.22. The van der Waals surface area contributed by atoms with Crippen LogP contribution < -0.4 is 15.2 Å². The minimum atomic E-state index is 0.492. The molecule has 2 fully saturated rings. The van der Waals surface area contributed by atoms with Gasteiger partial charge in [0.1, 0.15) is 0 Å². The average molecular weight is 366 g/mol. The zero-order valence-corrected chi connectivity index (χ0v) is 15.6. The van der Waals surface area contributed by atoms with E-state index in [0.29, 0.717) is 5.95 Å². The Morgan fingerprint density at radius 1 is 0.852 bits per heavy atom. The summed E-state index contributed by atoms with van der Waals surface area (Å²) in [5, 5.41) is 4.28. The summed E-state index contributed by atoms with van der Waals surface area (Å²) in [6, 6.07) is 3.83. The van der Waals surface area contributed by atoms with E-state index < -0.39 is 0 Å². The van der Waals surface area contributed by atoms with Crippen molar-refractivity contribution in [1.29, 1.82) is 0 Å². The number of piperidine rings is 2. The predicted octanol–water partition coefficient (Wildman–Crippen LogP) is 2.69. The third-order valence-electron chi connectivity index (χ3n) is 4.95. The Kier molecular flexibility index (Phi) is 5.71. The van der Waals surface area contributed by atoms with Crippen molar-refractivity contribution in [2.24, 2.45) is 5.10 Å². The number of aromatic nitrogens is 4. The Hall–Kier alpha value is -2.77.